The lowest BCUT2D eigenvalue weighted by molar-refractivity contribution is -0.116. The van der Waals surface area contributed by atoms with Crippen LogP contribution in [-0.2, 0) is 16.1 Å². The summed E-state index contributed by atoms with van der Waals surface area (Å²) in [5.74, 6) is -0.197. The molecule has 4 aromatic carbocycles. The molecule has 0 bridgehead atoms. The number of imidazole rings is 1. The Morgan fingerprint density at radius 2 is 1.62 bits per heavy atom. The molecular weight excluding hydrogens is 604 g/mol. The molecule has 1 amide bonds. The van der Waals surface area contributed by atoms with E-state index in [1.54, 1.807) is 36.8 Å². The van der Waals surface area contributed by atoms with Gasteiger partial charge in [0, 0.05) is 61.0 Å². The number of nitrogens with zero attached hydrogens (tertiary/aromatic N) is 3. The van der Waals surface area contributed by atoms with Crippen LogP contribution in [0.1, 0.15) is 40.4 Å². The van der Waals surface area contributed by atoms with Crippen molar-refractivity contribution in [2.75, 3.05) is 32.8 Å². The first-order valence-corrected chi connectivity index (χ1v) is 16.4. The third-order valence-corrected chi connectivity index (χ3v) is 8.59. The lowest BCUT2D eigenvalue weighted by Gasteiger charge is -2.34. The molecule has 2 heterocycles. The summed E-state index contributed by atoms with van der Waals surface area (Å²) in [5.41, 5.74) is 2.59. The number of ketones is 1. The van der Waals surface area contributed by atoms with Gasteiger partial charge in [-0.05, 0) is 42.2 Å². The van der Waals surface area contributed by atoms with E-state index in [4.69, 9.17) is 9.47 Å². The second-order valence-electron chi connectivity index (χ2n) is 11.8. The first kappa shape index (κ1) is 32.7. The van der Waals surface area contributed by atoms with Crippen LogP contribution in [0, 0.1) is 0 Å². The number of allylic oxidation sites excluding steroid dienone is 1. The summed E-state index contributed by atoms with van der Waals surface area (Å²) >= 11 is 0. The van der Waals surface area contributed by atoms with Crippen molar-refractivity contribution in [1.82, 2.24) is 19.8 Å². The second kappa shape index (κ2) is 16.0. The highest BCUT2D eigenvalue weighted by Gasteiger charge is 2.24. The zero-order chi connectivity index (χ0) is 33.1. The van der Waals surface area contributed by atoms with E-state index in [9.17, 15) is 14.7 Å². The van der Waals surface area contributed by atoms with Crippen LogP contribution in [0.4, 0.5) is 0 Å². The molecule has 0 spiro atoms. The minimum atomic E-state index is -0.381. The molecule has 6 rings (SSSR count). The van der Waals surface area contributed by atoms with Crippen LogP contribution < -0.4 is 10.1 Å². The lowest BCUT2D eigenvalue weighted by Crippen LogP contribution is -2.41. The maximum Gasteiger partial charge on any atom is 0.244 e. The van der Waals surface area contributed by atoms with Crippen LogP contribution >= 0.6 is 0 Å². The number of ether oxygens (including phenoxy) is 2. The predicted octanol–water partition coefficient (Wildman–Crippen LogP) is 5.95. The Hall–Kier alpha value is -5.25. The topological polar surface area (TPSA) is 106 Å². The van der Waals surface area contributed by atoms with Crippen molar-refractivity contribution >= 4 is 22.5 Å². The molecule has 1 aliphatic heterocycles. The van der Waals surface area contributed by atoms with E-state index in [0.29, 0.717) is 48.3 Å². The van der Waals surface area contributed by atoms with Crippen LogP contribution in [-0.4, -0.2) is 70.1 Å². The zero-order valence-electron chi connectivity index (χ0n) is 26.8. The molecular formula is C39H40N4O5. The summed E-state index contributed by atoms with van der Waals surface area (Å²) in [7, 11) is 0. The lowest BCUT2D eigenvalue weighted by atomic mass is 9.99. The summed E-state index contributed by atoms with van der Waals surface area (Å²) in [6.07, 6.45) is 9.62. The fourth-order valence-corrected chi connectivity index (χ4v) is 6.08. The molecule has 5 aromatic rings. The number of phenols is 1. The van der Waals surface area contributed by atoms with E-state index < -0.39 is 0 Å². The maximum absolute atomic E-state index is 13.2. The van der Waals surface area contributed by atoms with E-state index >= 15 is 0 Å². The first-order chi connectivity index (χ1) is 23.5. The fourth-order valence-electron chi connectivity index (χ4n) is 6.08. The number of likely N-dealkylation sites (tertiary alicyclic amines) is 1. The minimum absolute atomic E-state index is 0.0291. The average molecular weight is 645 g/mol. The first-order valence-electron chi connectivity index (χ1n) is 16.4. The number of rotatable bonds is 14. The van der Waals surface area contributed by atoms with Gasteiger partial charge in [-0.1, -0.05) is 78.9 Å². The van der Waals surface area contributed by atoms with Crippen LogP contribution in [0.2, 0.25) is 0 Å². The second-order valence-corrected chi connectivity index (χ2v) is 11.8. The Morgan fingerprint density at radius 3 is 2.31 bits per heavy atom. The van der Waals surface area contributed by atoms with Gasteiger partial charge in [-0.15, -0.1) is 0 Å². The molecule has 9 nitrogen and oxygen atoms in total. The Morgan fingerprint density at radius 1 is 0.896 bits per heavy atom. The van der Waals surface area contributed by atoms with Crippen LogP contribution in [0.25, 0.3) is 10.8 Å². The summed E-state index contributed by atoms with van der Waals surface area (Å²) in [6, 6.07) is 29.0. The number of hydrogen-bond acceptors (Lipinski definition) is 7. The minimum Gasteiger partial charge on any atom is -0.507 e. The molecule has 9 heteroatoms. The third kappa shape index (κ3) is 8.36. The molecule has 0 aliphatic carbocycles. The van der Waals surface area contributed by atoms with E-state index in [1.165, 1.54) is 18.2 Å². The summed E-state index contributed by atoms with van der Waals surface area (Å²) in [5, 5.41) is 14.5. The van der Waals surface area contributed by atoms with Crippen molar-refractivity contribution in [3.05, 3.63) is 139 Å². The van der Waals surface area contributed by atoms with Gasteiger partial charge in [-0.25, -0.2) is 4.98 Å². The van der Waals surface area contributed by atoms with E-state index in [0.717, 1.165) is 37.1 Å². The summed E-state index contributed by atoms with van der Waals surface area (Å²) < 4.78 is 14.5. The van der Waals surface area contributed by atoms with Crippen LogP contribution in [0.3, 0.4) is 0 Å². The molecule has 2 N–H and O–H groups in total. The number of fused-ring (bicyclic) bond motifs is 1. The number of benzene rings is 4. The van der Waals surface area contributed by atoms with Gasteiger partial charge in [-0.2, -0.15) is 0 Å². The molecule has 0 radical (unpaired) electrons. The Balaban J connectivity index is 0.974. The number of carbonyl (C=O) groups is 2. The number of aromatic hydroxyl groups is 1. The van der Waals surface area contributed by atoms with Gasteiger partial charge < -0.3 is 29.4 Å². The van der Waals surface area contributed by atoms with Crippen molar-refractivity contribution < 1.29 is 24.2 Å². The highest BCUT2D eigenvalue weighted by atomic mass is 16.5. The Labute approximate surface area is 280 Å². The smallest absolute Gasteiger partial charge is 0.244 e. The Bertz CT molecular complexity index is 1780. The van der Waals surface area contributed by atoms with Gasteiger partial charge in [0.2, 0.25) is 5.91 Å². The van der Waals surface area contributed by atoms with Gasteiger partial charge in [0.05, 0.1) is 19.0 Å². The van der Waals surface area contributed by atoms with Gasteiger partial charge in [-0.3, -0.25) is 9.59 Å². The number of aromatic nitrogens is 2. The monoisotopic (exact) mass is 644 g/mol. The number of phenolic OH excluding ortho intramolecular Hbond substituents is 1. The van der Waals surface area contributed by atoms with Gasteiger partial charge in [0.1, 0.15) is 24.2 Å². The number of carbonyl (C=O) groups excluding carboxylic acids is 2. The van der Waals surface area contributed by atoms with Gasteiger partial charge in [0.25, 0.3) is 0 Å². The summed E-state index contributed by atoms with van der Waals surface area (Å²) in [4.78, 5) is 32.1. The fraction of sp³-hybridized carbons (Fsp3) is 0.256. The standard InChI is InChI=1S/C39H40N4O5/c44-34(32-12-7-13-33-36(16-14-35(45)38(32)33)47-27-26-43-24-20-40-28-43)15-17-37(46)41-21-25-42-22-18-31(19-23-42)48-39(29-8-3-1-4-9-29)30-10-5-2-6-11-30/h1-17,20,24,28,31,39,45H,18-19,21-23,25-27H2,(H,41,46). The van der Waals surface area contributed by atoms with Crippen LogP contribution in [0.5, 0.6) is 11.5 Å². The molecule has 1 saturated heterocycles. The summed E-state index contributed by atoms with van der Waals surface area (Å²) in [6.45, 7) is 3.94. The number of hydrogen-bond donors (Lipinski definition) is 2. The van der Waals surface area contributed by atoms with Crippen molar-refractivity contribution in [3.8, 4) is 11.5 Å². The maximum atomic E-state index is 13.2. The number of amides is 1. The van der Waals surface area contributed by atoms with Crippen molar-refractivity contribution in [1.29, 1.82) is 0 Å². The number of nitrogens with one attached hydrogen (secondary N) is 1. The predicted molar refractivity (Wildman–Crippen MR) is 185 cm³/mol. The van der Waals surface area contributed by atoms with Gasteiger partial charge in [0.15, 0.2) is 5.78 Å². The molecule has 1 aliphatic rings. The van der Waals surface area contributed by atoms with Gasteiger partial charge >= 0.3 is 0 Å². The highest BCUT2D eigenvalue weighted by molar-refractivity contribution is 6.17. The quantitative estimate of drug-likeness (QED) is 0.114. The van der Waals surface area contributed by atoms with E-state index in [2.05, 4.69) is 39.5 Å². The Kier molecular flexibility index (Phi) is 10.9. The SMILES string of the molecule is O=C(C=CC(=O)c1cccc2c(OCCn3ccnc3)ccc(O)c12)NCCN1CCC(OC(c2ccccc2)c2ccccc2)CC1. The molecule has 246 valence electrons. The molecule has 1 aromatic heterocycles. The molecule has 0 atom stereocenters. The average Bonchev–Trinajstić information content (AvgIpc) is 3.65. The third-order valence-electron chi connectivity index (χ3n) is 8.59. The molecule has 48 heavy (non-hydrogen) atoms. The van der Waals surface area contributed by atoms with E-state index in [-0.39, 0.29) is 29.6 Å². The van der Waals surface area contributed by atoms with Crippen molar-refractivity contribution in [2.24, 2.45) is 0 Å². The zero-order valence-corrected chi connectivity index (χ0v) is 26.8. The molecule has 0 saturated carbocycles. The molecule has 1 fully saturated rings. The normalized spacial score (nSPS) is 14.1. The van der Waals surface area contributed by atoms with Crippen molar-refractivity contribution in [2.45, 2.75) is 31.6 Å². The largest absolute Gasteiger partial charge is 0.507 e. The van der Waals surface area contributed by atoms with Crippen molar-refractivity contribution in [3.63, 3.8) is 0 Å². The van der Waals surface area contributed by atoms with E-state index in [1.807, 2.05) is 47.2 Å². The number of piperidine rings is 1. The highest BCUT2D eigenvalue weighted by Crippen LogP contribution is 2.35. The molecule has 0 unspecified atom stereocenters. The van der Waals surface area contributed by atoms with Crippen LogP contribution in [0.15, 0.2) is 122 Å².